The summed E-state index contributed by atoms with van der Waals surface area (Å²) in [7, 11) is -3.54. The minimum Gasteiger partial charge on any atom is -0.379 e. The monoisotopic (exact) mass is 465 g/mol. The third-order valence-corrected chi connectivity index (χ3v) is 8.66. The number of benzene rings is 1. The number of carbonyl (C=O) groups is 1. The van der Waals surface area contributed by atoms with Crippen molar-refractivity contribution in [2.45, 2.75) is 63.3 Å². The van der Waals surface area contributed by atoms with Crippen LogP contribution in [0, 0.1) is 5.92 Å². The van der Waals surface area contributed by atoms with Gasteiger partial charge in [0.25, 0.3) is 0 Å². The van der Waals surface area contributed by atoms with Crippen LogP contribution in [0.15, 0.2) is 29.2 Å². The summed E-state index contributed by atoms with van der Waals surface area (Å²) in [6.07, 6.45) is 1.09. The summed E-state index contributed by atoms with van der Waals surface area (Å²) < 4.78 is 33.1. The number of piperidine rings is 1. The Bertz CT molecular complexity index is 877. The molecule has 0 bridgehead atoms. The van der Waals surface area contributed by atoms with Gasteiger partial charge in [-0.05, 0) is 49.8 Å². The van der Waals surface area contributed by atoms with Gasteiger partial charge in [0.2, 0.25) is 15.9 Å². The predicted octanol–water partition coefficient (Wildman–Crippen LogP) is 2.61. The van der Waals surface area contributed by atoms with Crippen molar-refractivity contribution in [2.75, 3.05) is 45.9 Å². The number of ether oxygens (including phenoxy) is 1. The molecule has 2 heterocycles. The molecule has 8 heteroatoms. The lowest BCUT2D eigenvalue weighted by molar-refractivity contribution is -0.126. The van der Waals surface area contributed by atoms with E-state index in [1.807, 2.05) is 12.1 Å². The van der Waals surface area contributed by atoms with Gasteiger partial charge in [-0.3, -0.25) is 9.69 Å². The molecule has 2 fully saturated rings. The molecule has 0 unspecified atom stereocenters. The average molecular weight is 466 g/mol. The lowest BCUT2D eigenvalue weighted by Crippen LogP contribution is -2.56. The summed E-state index contributed by atoms with van der Waals surface area (Å²) in [5.41, 5.74) is 0.944. The van der Waals surface area contributed by atoms with Gasteiger partial charge in [0.1, 0.15) is 0 Å². The molecule has 2 aliphatic rings. The van der Waals surface area contributed by atoms with Crippen molar-refractivity contribution in [3.8, 4) is 0 Å². The molecule has 7 nitrogen and oxygen atoms in total. The van der Waals surface area contributed by atoms with E-state index in [4.69, 9.17) is 4.74 Å². The lowest BCUT2D eigenvalue weighted by Gasteiger charge is -2.41. The van der Waals surface area contributed by atoms with Crippen LogP contribution >= 0.6 is 0 Å². The molecule has 3 rings (SSSR count). The van der Waals surface area contributed by atoms with Crippen molar-refractivity contribution in [3.63, 3.8) is 0 Å². The Hall–Kier alpha value is -1.48. The van der Waals surface area contributed by atoms with Crippen LogP contribution in [0.5, 0.6) is 0 Å². The van der Waals surface area contributed by atoms with Gasteiger partial charge in [-0.1, -0.05) is 32.9 Å². The van der Waals surface area contributed by atoms with E-state index in [0.29, 0.717) is 37.4 Å². The van der Waals surface area contributed by atoms with Gasteiger partial charge in [-0.15, -0.1) is 0 Å². The summed E-state index contributed by atoms with van der Waals surface area (Å²) in [5.74, 6) is -0.122. The number of nitrogens with one attached hydrogen (secondary N) is 1. The molecular weight excluding hydrogens is 426 g/mol. The third kappa shape index (κ3) is 5.90. The van der Waals surface area contributed by atoms with E-state index < -0.39 is 10.0 Å². The Morgan fingerprint density at radius 3 is 2.09 bits per heavy atom. The van der Waals surface area contributed by atoms with Gasteiger partial charge in [-0.25, -0.2) is 8.42 Å². The molecule has 1 aromatic rings. The molecule has 2 saturated heterocycles. The van der Waals surface area contributed by atoms with Crippen LogP contribution in [0.2, 0.25) is 0 Å². The van der Waals surface area contributed by atoms with Crippen LogP contribution in [0.4, 0.5) is 0 Å². The number of nitrogens with zero attached hydrogens (tertiary/aromatic N) is 2. The number of sulfonamides is 1. The van der Waals surface area contributed by atoms with Crippen molar-refractivity contribution >= 4 is 15.9 Å². The quantitative estimate of drug-likeness (QED) is 0.699. The molecule has 32 heavy (non-hydrogen) atoms. The maximum atomic E-state index is 13.1. The summed E-state index contributed by atoms with van der Waals surface area (Å²) in [6.45, 7) is 15.1. The van der Waals surface area contributed by atoms with E-state index >= 15 is 0 Å². The fourth-order valence-electron chi connectivity index (χ4n) is 4.36. The van der Waals surface area contributed by atoms with Gasteiger partial charge < -0.3 is 10.1 Å². The zero-order chi connectivity index (χ0) is 23.6. The van der Waals surface area contributed by atoms with E-state index in [0.717, 1.165) is 31.9 Å². The van der Waals surface area contributed by atoms with Crippen molar-refractivity contribution in [3.05, 3.63) is 29.8 Å². The van der Waals surface area contributed by atoms with E-state index in [9.17, 15) is 13.2 Å². The van der Waals surface area contributed by atoms with Gasteiger partial charge in [-0.2, -0.15) is 4.31 Å². The minimum absolute atomic E-state index is 0.0235. The highest BCUT2D eigenvalue weighted by Gasteiger charge is 2.34. The first-order valence-electron chi connectivity index (χ1n) is 11.6. The number of morpholine rings is 1. The molecule has 0 aromatic heterocycles. The summed E-state index contributed by atoms with van der Waals surface area (Å²) in [5, 5.41) is 3.11. The fourth-order valence-corrected chi connectivity index (χ4v) is 5.83. The van der Waals surface area contributed by atoms with Crippen LogP contribution in [0.25, 0.3) is 0 Å². The second kappa shape index (κ2) is 9.79. The largest absolute Gasteiger partial charge is 0.379 e. The number of hydrogen-bond donors (Lipinski definition) is 1. The highest BCUT2D eigenvalue weighted by atomic mass is 32.2. The second-order valence-corrected chi connectivity index (χ2v) is 12.5. The van der Waals surface area contributed by atoms with E-state index in [1.165, 1.54) is 4.31 Å². The molecular formula is C24H39N3O4S. The summed E-state index contributed by atoms with van der Waals surface area (Å²) in [4.78, 5) is 15.4. The molecule has 1 aromatic carbocycles. The minimum atomic E-state index is -3.54. The van der Waals surface area contributed by atoms with Crippen LogP contribution in [0.3, 0.4) is 0 Å². The first-order chi connectivity index (χ1) is 14.9. The van der Waals surface area contributed by atoms with Crippen molar-refractivity contribution in [1.82, 2.24) is 14.5 Å². The van der Waals surface area contributed by atoms with Gasteiger partial charge >= 0.3 is 0 Å². The zero-order valence-electron chi connectivity index (χ0n) is 20.2. The number of amides is 1. The molecule has 0 aliphatic carbocycles. The molecule has 0 atom stereocenters. The Morgan fingerprint density at radius 1 is 1.00 bits per heavy atom. The average Bonchev–Trinajstić information content (AvgIpc) is 2.77. The van der Waals surface area contributed by atoms with Crippen LogP contribution in [0.1, 0.15) is 53.0 Å². The number of hydrogen-bond acceptors (Lipinski definition) is 5. The van der Waals surface area contributed by atoms with Gasteiger partial charge in [0.15, 0.2) is 0 Å². The molecule has 0 radical (unpaired) electrons. The summed E-state index contributed by atoms with van der Waals surface area (Å²) in [6, 6.07) is 7.18. The van der Waals surface area contributed by atoms with Gasteiger partial charge in [0.05, 0.1) is 18.1 Å². The molecule has 0 saturated carbocycles. The Balaban J connectivity index is 1.53. The third-order valence-electron chi connectivity index (χ3n) is 6.75. The Kier molecular flexibility index (Phi) is 7.70. The molecule has 2 aliphatic heterocycles. The van der Waals surface area contributed by atoms with E-state index in [-0.39, 0.29) is 22.8 Å². The normalized spacial score (nSPS) is 20.3. The SMILES string of the molecule is CC(C)(C)c1ccc(S(=O)(=O)N2CCC(C(=O)NCC(C)(C)N3CCOCC3)CC2)cc1. The standard InChI is InChI=1S/C24H39N3O4S/c1-23(2,3)20-6-8-21(9-7-20)32(29,30)27-12-10-19(11-13-27)22(28)25-18-24(4,5)26-14-16-31-17-15-26/h6-9,19H,10-18H2,1-5H3,(H,25,28). The fraction of sp³-hybridized carbons (Fsp3) is 0.708. The molecule has 180 valence electrons. The van der Waals surface area contributed by atoms with Crippen LogP contribution < -0.4 is 5.32 Å². The lowest BCUT2D eigenvalue weighted by atomic mass is 9.87. The van der Waals surface area contributed by atoms with Crippen molar-refractivity contribution in [2.24, 2.45) is 5.92 Å². The molecule has 1 N–H and O–H groups in total. The zero-order valence-corrected chi connectivity index (χ0v) is 21.0. The first kappa shape index (κ1) is 25.1. The maximum absolute atomic E-state index is 13.1. The van der Waals surface area contributed by atoms with Crippen molar-refractivity contribution < 1.29 is 17.9 Å². The highest BCUT2D eigenvalue weighted by molar-refractivity contribution is 7.89. The Morgan fingerprint density at radius 2 is 1.56 bits per heavy atom. The number of carbonyl (C=O) groups excluding carboxylic acids is 1. The first-order valence-corrected chi connectivity index (χ1v) is 13.1. The molecule has 0 spiro atoms. The molecule has 1 amide bonds. The highest BCUT2D eigenvalue weighted by Crippen LogP contribution is 2.27. The predicted molar refractivity (Wildman–Crippen MR) is 126 cm³/mol. The van der Waals surface area contributed by atoms with E-state index in [1.54, 1.807) is 12.1 Å². The second-order valence-electron chi connectivity index (χ2n) is 10.6. The van der Waals surface area contributed by atoms with Crippen LogP contribution in [-0.4, -0.2) is 75.0 Å². The summed E-state index contributed by atoms with van der Waals surface area (Å²) >= 11 is 0. The van der Waals surface area contributed by atoms with Gasteiger partial charge in [0, 0.05) is 44.2 Å². The Labute approximate surface area is 193 Å². The smallest absolute Gasteiger partial charge is 0.243 e. The number of rotatable bonds is 6. The van der Waals surface area contributed by atoms with Crippen molar-refractivity contribution in [1.29, 1.82) is 0 Å². The maximum Gasteiger partial charge on any atom is 0.243 e. The van der Waals surface area contributed by atoms with E-state index in [2.05, 4.69) is 44.8 Å². The topological polar surface area (TPSA) is 79.0 Å². The van der Waals surface area contributed by atoms with Crippen LogP contribution in [-0.2, 0) is 25.0 Å².